The number of nitrogens with one attached hydrogen (secondary N) is 1. The molecule has 0 aliphatic carbocycles. The Hall–Kier alpha value is -1.88. The molecule has 0 aliphatic heterocycles. The molecule has 0 saturated heterocycles. The van der Waals surface area contributed by atoms with Crippen molar-refractivity contribution in [3.8, 4) is 0 Å². The molecule has 5 heteroatoms. The van der Waals surface area contributed by atoms with Crippen LogP contribution in [0.5, 0.6) is 0 Å². The van der Waals surface area contributed by atoms with Gasteiger partial charge in [0.1, 0.15) is 0 Å². The van der Waals surface area contributed by atoms with Crippen LogP contribution in [-0.4, -0.2) is 55.3 Å². The van der Waals surface area contributed by atoms with E-state index in [-0.39, 0.29) is 24.9 Å². The van der Waals surface area contributed by atoms with Gasteiger partial charge < -0.3 is 10.2 Å². The summed E-state index contributed by atoms with van der Waals surface area (Å²) < 4.78 is 0. The molecule has 0 fully saturated rings. The van der Waals surface area contributed by atoms with E-state index in [0.717, 1.165) is 24.2 Å². The van der Waals surface area contributed by atoms with Crippen LogP contribution in [0, 0.1) is 13.8 Å². The van der Waals surface area contributed by atoms with E-state index in [0.29, 0.717) is 0 Å². The molecule has 0 saturated carbocycles. The maximum absolute atomic E-state index is 12.2. The molecule has 5 nitrogen and oxygen atoms in total. The predicted molar refractivity (Wildman–Crippen MR) is 90.0 cm³/mol. The summed E-state index contributed by atoms with van der Waals surface area (Å²) in [6, 6.07) is 5.93. The van der Waals surface area contributed by atoms with Gasteiger partial charge in [0, 0.05) is 19.8 Å². The third-order valence-corrected chi connectivity index (χ3v) is 3.42. The zero-order chi connectivity index (χ0) is 16.7. The Kier molecular flexibility index (Phi) is 7.05. The topological polar surface area (TPSA) is 52.7 Å². The van der Waals surface area contributed by atoms with Crippen LogP contribution < -0.4 is 5.32 Å². The fraction of sp³-hybridized carbons (Fsp3) is 0.529. The first-order valence-corrected chi connectivity index (χ1v) is 7.63. The summed E-state index contributed by atoms with van der Waals surface area (Å²) in [5.41, 5.74) is 3.03. The largest absolute Gasteiger partial charge is 0.348 e. The van der Waals surface area contributed by atoms with Crippen LogP contribution in [0.3, 0.4) is 0 Å². The quantitative estimate of drug-likeness (QED) is 0.839. The number of carbonyl (C=O) groups excluding carboxylic acids is 2. The van der Waals surface area contributed by atoms with Crippen LogP contribution in [0.15, 0.2) is 18.2 Å². The van der Waals surface area contributed by atoms with Gasteiger partial charge >= 0.3 is 0 Å². The van der Waals surface area contributed by atoms with E-state index in [1.54, 1.807) is 19.0 Å². The summed E-state index contributed by atoms with van der Waals surface area (Å²) in [4.78, 5) is 27.4. The number of amides is 2. The Labute approximate surface area is 133 Å². The number of hydrogen-bond acceptors (Lipinski definition) is 3. The number of hydrogen-bond donors (Lipinski definition) is 1. The van der Waals surface area contributed by atoms with E-state index in [1.165, 1.54) is 5.56 Å². The van der Waals surface area contributed by atoms with Gasteiger partial charge in [0.2, 0.25) is 11.8 Å². The van der Waals surface area contributed by atoms with Gasteiger partial charge in [0.15, 0.2) is 0 Å². The Bertz CT molecular complexity index is 527. The van der Waals surface area contributed by atoms with Gasteiger partial charge in [-0.05, 0) is 38.4 Å². The van der Waals surface area contributed by atoms with Crippen LogP contribution in [0.25, 0.3) is 0 Å². The molecule has 0 unspecified atom stereocenters. The van der Waals surface area contributed by atoms with Crippen molar-refractivity contribution < 1.29 is 9.59 Å². The summed E-state index contributed by atoms with van der Waals surface area (Å²) in [6.07, 6.45) is 0.900. The average molecular weight is 305 g/mol. The first-order chi connectivity index (χ1) is 10.3. The molecule has 1 rings (SSSR count). The third-order valence-electron chi connectivity index (χ3n) is 3.42. The average Bonchev–Trinajstić information content (AvgIpc) is 2.42. The number of aryl methyl sites for hydroxylation is 2. The summed E-state index contributed by atoms with van der Waals surface area (Å²) in [5, 5.41) is 2.92. The van der Waals surface area contributed by atoms with E-state index in [1.807, 2.05) is 43.9 Å². The molecule has 0 spiro atoms. The minimum Gasteiger partial charge on any atom is -0.348 e. The Morgan fingerprint density at radius 2 is 1.82 bits per heavy atom. The Morgan fingerprint density at radius 3 is 2.36 bits per heavy atom. The zero-order valence-electron chi connectivity index (χ0n) is 14.3. The molecular formula is C17H27N3O2. The summed E-state index contributed by atoms with van der Waals surface area (Å²) >= 11 is 0. The molecule has 22 heavy (non-hydrogen) atoms. The zero-order valence-corrected chi connectivity index (χ0v) is 14.3. The highest BCUT2D eigenvalue weighted by molar-refractivity contribution is 5.93. The van der Waals surface area contributed by atoms with E-state index < -0.39 is 0 Å². The summed E-state index contributed by atoms with van der Waals surface area (Å²) in [7, 11) is 3.45. The first kappa shape index (κ1) is 18.2. The molecule has 0 bridgehead atoms. The highest BCUT2D eigenvalue weighted by atomic mass is 16.2. The lowest BCUT2D eigenvalue weighted by molar-refractivity contribution is -0.130. The van der Waals surface area contributed by atoms with Crippen molar-refractivity contribution in [2.75, 3.05) is 39.0 Å². The molecule has 0 radical (unpaired) electrons. The SMILES string of the molecule is CCCN(CC(=O)Nc1ccc(C)cc1C)CC(=O)N(C)C. The van der Waals surface area contributed by atoms with Crippen molar-refractivity contribution >= 4 is 17.5 Å². The molecule has 122 valence electrons. The highest BCUT2D eigenvalue weighted by Gasteiger charge is 2.15. The van der Waals surface area contributed by atoms with Gasteiger partial charge in [-0.25, -0.2) is 0 Å². The second-order valence-electron chi connectivity index (χ2n) is 5.87. The first-order valence-electron chi connectivity index (χ1n) is 7.63. The molecular weight excluding hydrogens is 278 g/mol. The number of likely N-dealkylation sites (N-methyl/N-ethyl adjacent to an activating group) is 1. The maximum Gasteiger partial charge on any atom is 0.238 e. The van der Waals surface area contributed by atoms with Crippen molar-refractivity contribution in [3.05, 3.63) is 29.3 Å². The lowest BCUT2D eigenvalue weighted by atomic mass is 10.1. The molecule has 2 amide bonds. The van der Waals surface area contributed by atoms with Gasteiger partial charge in [-0.2, -0.15) is 0 Å². The number of rotatable bonds is 7. The number of carbonyl (C=O) groups is 2. The second kappa shape index (κ2) is 8.54. The van der Waals surface area contributed by atoms with Crippen LogP contribution in [0.2, 0.25) is 0 Å². The molecule has 1 N–H and O–H groups in total. The molecule has 0 aromatic heterocycles. The molecule has 0 aliphatic rings. The summed E-state index contributed by atoms with van der Waals surface area (Å²) in [6.45, 7) is 7.24. The van der Waals surface area contributed by atoms with Crippen molar-refractivity contribution in [1.82, 2.24) is 9.80 Å². The van der Waals surface area contributed by atoms with Crippen molar-refractivity contribution in [2.24, 2.45) is 0 Å². The van der Waals surface area contributed by atoms with E-state index in [2.05, 4.69) is 5.32 Å². The Balaban J connectivity index is 2.64. The van der Waals surface area contributed by atoms with Gasteiger partial charge in [-0.3, -0.25) is 14.5 Å². The minimum atomic E-state index is -0.0908. The number of benzene rings is 1. The third kappa shape index (κ3) is 5.85. The predicted octanol–water partition coefficient (Wildman–Crippen LogP) is 2.04. The van der Waals surface area contributed by atoms with Crippen LogP contribution in [0.1, 0.15) is 24.5 Å². The fourth-order valence-electron chi connectivity index (χ4n) is 2.21. The van der Waals surface area contributed by atoms with E-state index >= 15 is 0 Å². The monoisotopic (exact) mass is 305 g/mol. The Morgan fingerprint density at radius 1 is 1.14 bits per heavy atom. The van der Waals surface area contributed by atoms with Crippen molar-refractivity contribution in [1.29, 1.82) is 0 Å². The lowest BCUT2D eigenvalue weighted by Crippen LogP contribution is -2.41. The standard InChI is InChI=1S/C17H27N3O2/c1-6-9-20(12-17(22)19(4)5)11-16(21)18-15-8-7-13(2)10-14(15)3/h7-8,10H,6,9,11-12H2,1-5H3,(H,18,21). The van der Waals surface area contributed by atoms with Crippen molar-refractivity contribution in [3.63, 3.8) is 0 Å². The van der Waals surface area contributed by atoms with Gasteiger partial charge in [-0.1, -0.05) is 24.6 Å². The molecule has 1 aromatic carbocycles. The molecule has 0 atom stereocenters. The van der Waals surface area contributed by atoms with Crippen LogP contribution >= 0.6 is 0 Å². The lowest BCUT2D eigenvalue weighted by Gasteiger charge is -2.22. The smallest absolute Gasteiger partial charge is 0.238 e. The van der Waals surface area contributed by atoms with E-state index in [4.69, 9.17) is 0 Å². The van der Waals surface area contributed by atoms with Crippen molar-refractivity contribution in [2.45, 2.75) is 27.2 Å². The fourth-order valence-corrected chi connectivity index (χ4v) is 2.21. The highest BCUT2D eigenvalue weighted by Crippen LogP contribution is 2.15. The minimum absolute atomic E-state index is 0.00719. The molecule has 0 heterocycles. The number of anilines is 1. The molecule has 1 aromatic rings. The number of nitrogens with zero attached hydrogens (tertiary/aromatic N) is 2. The van der Waals surface area contributed by atoms with Gasteiger partial charge in [-0.15, -0.1) is 0 Å². The van der Waals surface area contributed by atoms with Crippen LogP contribution in [0.4, 0.5) is 5.69 Å². The maximum atomic E-state index is 12.2. The van der Waals surface area contributed by atoms with Gasteiger partial charge in [0.25, 0.3) is 0 Å². The van der Waals surface area contributed by atoms with Gasteiger partial charge in [0.05, 0.1) is 13.1 Å². The van der Waals surface area contributed by atoms with Crippen LogP contribution in [-0.2, 0) is 9.59 Å². The summed E-state index contributed by atoms with van der Waals surface area (Å²) in [5.74, 6) is -0.0836. The second-order valence-corrected chi connectivity index (χ2v) is 5.87. The van der Waals surface area contributed by atoms with E-state index in [9.17, 15) is 9.59 Å². The normalized spacial score (nSPS) is 10.6.